The zero-order valence-electron chi connectivity index (χ0n) is 32.4. The zero-order chi connectivity index (χ0) is 39.8. The van der Waals surface area contributed by atoms with Gasteiger partial charge in [-0.15, -0.1) is 0 Å². The molecule has 0 fully saturated rings. The molecule has 0 radical (unpaired) electrons. The number of fused-ring (bicyclic) bond motifs is 6. The Bertz CT molecular complexity index is 3260. The summed E-state index contributed by atoms with van der Waals surface area (Å²) in [5.74, 6) is 2.54. The Balaban J connectivity index is 1.05. The summed E-state index contributed by atoms with van der Waals surface area (Å²) in [5, 5.41) is 7.10. The minimum absolute atomic E-state index is 0.606. The Morgan fingerprint density at radius 2 is 0.583 bits per heavy atom. The second kappa shape index (κ2) is 15.0. The maximum Gasteiger partial charge on any atom is 0.164 e. The monoisotopic (exact) mass is 765 g/mol. The van der Waals surface area contributed by atoms with Gasteiger partial charge in [-0.1, -0.05) is 194 Å². The van der Waals surface area contributed by atoms with Gasteiger partial charge in [0.15, 0.2) is 23.3 Å². The third-order valence-electron chi connectivity index (χ3n) is 11.1. The van der Waals surface area contributed by atoms with Crippen LogP contribution in [0.3, 0.4) is 0 Å². The summed E-state index contributed by atoms with van der Waals surface area (Å²) < 4.78 is 0. The number of benzene rings is 9. The average Bonchev–Trinajstić information content (AvgIpc) is 3.34. The van der Waals surface area contributed by atoms with Gasteiger partial charge >= 0.3 is 0 Å². The minimum Gasteiger partial charge on any atom is -0.228 e. The van der Waals surface area contributed by atoms with Crippen LogP contribution in [0.15, 0.2) is 212 Å². The summed E-state index contributed by atoms with van der Waals surface area (Å²) in [6, 6.07) is 73.4. The van der Waals surface area contributed by atoms with Crippen molar-refractivity contribution in [1.29, 1.82) is 0 Å². The Labute approximate surface area is 347 Å². The lowest BCUT2D eigenvalue weighted by Gasteiger charge is -2.15. The van der Waals surface area contributed by atoms with E-state index in [2.05, 4.69) is 158 Å². The lowest BCUT2D eigenvalue weighted by atomic mass is 9.91. The van der Waals surface area contributed by atoms with Crippen LogP contribution in [0.2, 0.25) is 0 Å². The Morgan fingerprint density at radius 3 is 1.18 bits per heavy atom. The van der Waals surface area contributed by atoms with Gasteiger partial charge in [0.05, 0.1) is 11.4 Å². The maximum absolute atomic E-state index is 5.27. The lowest BCUT2D eigenvalue weighted by molar-refractivity contribution is 1.08. The van der Waals surface area contributed by atoms with Crippen LogP contribution in [0.5, 0.6) is 0 Å². The highest BCUT2D eigenvalue weighted by Gasteiger charge is 2.18. The molecule has 280 valence electrons. The van der Waals surface area contributed by atoms with Gasteiger partial charge in [0, 0.05) is 38.8 Å². The van der Waals surface area contributed by atoms with E-state index in [9.17, 15) is 0 Å². The van der Waals surface area contributed by atoms with E-state index >= 15 is 0 Å². The highest BCUT2D eigenvalue weighted by atomic mass is 15.0. The Kier molecular flexibility index (Phi) is 8.75. The first kappa shape index (κ1) is 35.0. The van der Waals surface area contributed by atoms with Crippen molar-refractivity contribution in [3.8, 4) is 79.2 Å². The van der Waals surface area contributed by atoms with Crippen molar-refractivity contribution in [1.82, 2.24) is 24.9 Å². The molecule has 2 heterocycles. The van der Waals surface area contributed by atoms with Crippen LogP contribution >= 0.6 is 0 Å². The SMILES string of the molecule is c1ccc(-c2cc(-c3cccc(-c4cccc(-c5nc(-c6ccccc6)nc(-c6cccc7c8ccccc8c8ccccc8c67)n5)c4)c3)nc(-c3ccccc3)n2)cc1. The average molecular weight is 766 g/mol. The third-order valence-corrected chi connectivity index (χ3v) is 11.1. The zero-order valence-corrected chi connectivity index (χ0v) is 32.4. The van der Waals surface area contributed by atoms with E-state index < -0.39 is 0 Å². The van der Waals surface area contributed by atoms with Gasteiger partial charge in [-0.3, -0.25) is 0 Å². The minimum atomic E-state index is 0.606. The van der Waals surface area contributed by atoms with Crippen molar-refractivity contribution in [2.45, 2.75) is 0 Å². The van der Waals surface area contributed by atoms with Crippen molar-refractivity contribution < 1.29 is 0 Å². The molecule has 0 amide bonds. The van der Waals surface area contributed by atoms with Crippen LogP contribution in [0.25, 0.3) is 112 Å². The predicted octanol–water partition coefficient (Wildman–Crippen LogP) is 13.8. The maximum atomic E-state index is 5.27. The molecule has 0 saturated heterocycles. The summed E-state index contributed by atoms with van der Waals surface area (Å²) in [6.45, 7) is 0. The summed E-state index contributed by atoms with van der Waals surface area (Å²) in [5.41, 5.74) is 9.63. The largest absolute Gasteiger partial charge is 0.228 e. The van der Waals surface area contributed by atoms with Crippen LogP contribution in [-0.4, -0.2) is 24.9 Å². The first-order chi connectivity index (χ1) is 29.7. The summed E-state index contributed by atoms with van der Waals surface area (Å²) in [7, 11) is 0. The first-order valence-corrected chi connectivity index (χ1v) is 20.1. The van der Waals surface area contributed by atoms with Crippen LogP contribution in [0, 0.1) is 0 Å². The van der Waals surface area contributed by atoms with E-state index in [4.69, 9.17) is 24.9 Å². The summed E-state index contributed by atoms with van der Waals surface area (Å²) in [6.07, 6.45) is 0. The molecule has 0 bridgehead atoms. The molecule has 11 aromatic rings. The molecule has 60 heavy (non-hydrogen) atoms. The van der Waals surface area contributed by atoms with Gasteiger partial charge in [-0.05, 0) is 56.3 Å². The molecule has 9 aromatic carbocycles. The van der Waals surface area contributed by atoms with Gasteiger partial charge in [0.25, 0.3) is 0 Å². The number of nitrogens with zero attached hydrogens (tertiary/aromatic N) is 5. The van der Waals surface area contributed by atoms with Gasteiger partial charge in [0.2, 0.25) is 0 Å². The molecule has 0 N–H and O–H groups in total. The molecule has 5 nitrogen and oxygen atoms in total. The smallest absolute Gasteiger partial charge is 0.164 e. The van der Waals surface area contributed by atoms with Crippen LogP contribution in [0.1, 0.15) is 0 Å². The van der Waals surface area contributed by atoms with E-state index in [1.54, 1.807) is 0 Å². The highest BCUT2D eigenvalue weighted by molar-refractivity contribution is 6.28. The number of hydrogen-bond donors (Lipinski definition) is 0. The fourth-order valence-electron chi connectivity index (χ4n) is 8.25. The molecule has 5 heteroatoms. The molecule has 0 aliphatic heterocycles. The molecular weight excluding hydrogens is 731 g/mol. The predicted molar refractivity (Wildman–Crippen MR) is 246 cm³/mol. The molecule has 11 rings (SSSR count). The van der Waals surface area contributed by atoms with Crippen molar-refractivity contribution >= 4 is 32.3 Å². The topological polar surface area (TPSA) is 64.5 Å². The molecule has 0 unspecified atom stereocenters. The quantitative estimate of drug-likeness (QED) is 0.151. The van der Waals surface area contributed by atoms with Crippen molar-refractivity contribution in [3.63, 3.8) is 0 Å². The number of hydrogen-bond acceptors (Lipinski definition) is 5. The molecule has 0 saturated carbocycles. The fourth-order valence-corrected chi connectivity index (χ4v) is 8.25. The van der Waals surface area contributed by atoms with Gasteiger partial charge in [0.1, 0.15) is 0 Å². The molecule has 0 atom stereocenters. The molecule has 0 spiro atoms. The van der Waals surface area contributed by atoms with Crippen molar-refractivity contribution in [2.24, 2.45) is 0 Å². The van der Waals surface area contributed by atoms with Crippen LogP contribution in [0.4, 0.5) is 0 Å². The van der Waals surface area contributed by atoms with Gasteiger partial charge in [-0.2, -0.15) is 0 Å². The Hall–Kier alpha value is -8.15. The van der Waals surface area contributed by atoms with Gasteiger partial charge in [-0.25, -0.2) is 24.9 Å². The summed E-state index contributed by atoms with van der Waals surface area (Å²) >= 11 is 0. The highest BCUT2D eigenvalue weighted by Crippen LogP contribution is 2.40. The van der Waals surface area contributed by atoms with Crippen LogP contribution < -0.4 is 0 Å². The lowest BCUT2D eigenvalue weighted by Crippen LogP contribution is -2.01. The standard InChI is InChI=1S/C55H35N5/c1-4-17-36(18-5-1)49-35-50(57-52(56-49)37-19-6-2-7-20-37)41-25-14-23-39(33-41)40-24-15-26-42(34-40)54-58-53(38-21-8-3-9-22-38)59-55(60-54)48-32-16-31-47-45-28-11-10-27-43(45)44-29-12-13-30-46(44)51(47)48/h1-35H. The molecule has 0 aliphatic carbocycles. The van der Waals surface area contributed by atoms with Crippen molar-refractivity contribution in [2.75, 3.05) is 0 Å². The Morgan fingerprint density at radius 1 is 0.217 bits per heavy atom. The second-order valence-electron chi connectivity index (χ2n) is 14.8. The van der Waals surface area contributed by atoms with Crippen LogP contribution in [-0.2, 0) is 0 Å². The normalized spacial score (nSPS) is 11.3. The van der Waals surface area contributed by atoms with E-state index in [1.165, 1.54) is 26.9 Å². The van der Waals surface area contributed by atoms with Gasteiger partial charge < -0.3 is 0 Å². The molecule has 0 aliphatic rings. The third kappa shape index (κ3) is 6.45. The molecular formula is C55H35N5. The van der Waals surface area contributed by atoms with E-state index in [1.807, 2.05) is 54.6 Å². The number of aromatic nitrogens is 5. The number of rotatable bonds is 7. The summed E-state index contributed by atoms with van der Waals surface area (Å²) in [4.78, 5) is 25.7. The van der Waals surface area contributed by atoms with E-state index in [-0.39, 0.29) is 0 Å². The second-order valence-corrected chi connectivity index (χ2v) is 14.8. The van der Waals surface area contributed by atoms with E-state index in [0.717, 1.165) is 61.3 Å². The van der Waals surface area contributed by atoms with Crippen molar-refractivity contribution in [3.05, 3.63) is 212 Å². The fraction of sp³-hybridized carbons (Fsp3) is 0. The first-order valence-electron chi connectivity index (χ1n) is 20.1. The molecule has 2 aromatic heterocycles. The van der Waals surface area contributed by atoms with E-state index in [0.29, 0.717) is 23.3 Å².